The van der Waals surface area contributed by atoms with Crippen LogP contribution in [0.15, 0.2) is 37.4 Å². The van der Waals surface area contributed by atoms with Crippen molar-refractivity contribution in [2.75, 3.05) is 0 Å². The van der Waals surface area contributed by atoms with Crippen molar-refractivity contribution in [2.45, 2.75) is 35.1 Å². The van der Waals surface area contributed by atoms with Crippen LogP contribution in [0.1, 0.15) is 35.1 Å². The first kappa shape index (κ1) is 22.6. The van der Waals surface area contributed by atoms with E-state index in [0.29, 0.717) is 0 Å². The SMILES string of the molecule is C.CC.CC.c1c[n-]cn1.c1c[n-]cn1.n1nn[n-]n1. The maximum Gasteiger partial charge on any atom is -0.0683 e. The summed E-state index contributed by atoms with van der Waals surface area (Å²) in [6.45, 7) is 8.00. The fourth-order valence-electron chi connectivity index (χ4n) is 0.474. The second kappa shape index (κ2) is 25.3. The lowest BCUT2D eigenvalue weighted by Crippen LogP contribution is -1.71. The lowest BCUT2D eigenvalue weighted by atomic mass is 11.0. The molecule has 9 heteroatoms. The molecule has 0 spiro atoms. The molecule has 0 atom stereocenters. The molecule has 0 aliphatic rings. The number of imidazole rings is 2. The van der Waals surface area contributed by atoms with Crippen molar-refractivity contribution >= 4 is 0 Å². The summed E-state index contributed by atoms with van der Waals surface area (Å²) < 4.78 is 0. The van der Waals surface area contributed by atoms with Crippen LogP contribution in [0.3, 0.4) is 0 Å². The second-order valence-electron chi connectivity index (χ2n) is 1.87. The molecular formula is C11H22N9-3. The van der Waals surface area contributed by atoms with Crippen molar-refractivity contribution in [1.82, 2.24) is 46.0 Å². The van der Waals surface area contributed by atoms with Gasteiger partial charge in [0.1, 0.15) is 0 Å². The van der Waals surface area contributed by atoms with Crippen molar-refractivity contribution in [1.29, 1.82) is 0 Å². The van der Waals surface area contributed by atoms with Crippen LogP contribution in [-0.4, -0.2) is 30.8 Å². The molecule has 3 rings (SSSR count). The number of nitrogens with zero attached hydrogens (tertiary/aromatic N) is 9. The van der Waals surface area contributed by atoms with E-state index in [4.69, 9.17) is 0 Å². The Morgan fingerprint density at radius 3 is 1.20 bits per heavy atom. The Labute approximate surface area is 119 Å². The molecule has 0 aliphatic carbocycles. The van der Waals surface area contributed by atoms with Crippen LogP contribution in [0, 0.1) is 0 Å². The van der Waals surface area contributed by atoms with E-state index in [1.165, 1.54) is 12.7 Å². The summed E-state index contributed by atoms with van der Waals surface area (Å²) in [5, 5.41) is 15.0. The van der Waals surface area contributed by atoms with Gasteiger partial charge in [0, 0.05) is 0 Å². The maximum absolute atomic E-state index is 3.61. The van der Waals surface area contributed by atoms with Gasteiger partial charge in [0.15, 0.2) is 0 Å². The predicted molar refractivity (Wildman–Crippen MR) is 75.5 cm³/mol. The molecule has 0 amide bonds. The molecule has 0 N–H and O–H groups in total. The van der Waals surface area contributed by atoms with Crippen molar-refractivity contribution in [2.24, 2.45) is 0 Å². The average molecular weight is 280 g/mol. The zero-order chi connectivity index (χ0) is 14.6. The van der Waals surface area contributed by atoms with E-state index in [0.717, 1.165) is 0 Å². The average Bonchev–Trinajstić information content (AvgIpc) is 3.31. The quantitative estimate of drug-likeness (QED) is 0.593. The first-order valence-corrected chi connectivity index (χ1v) is 5.73. The highest BCUT2D eigenvalue weighted by Gasteiger charge is 1.44. The zero-order valence-electron chi connectivity index (χ0n) is 11.5. The first-order valence-electron chi connectivity index (χ1n) is 5.73. The molecule has 0 radical (unpaired) electrons. The van der Waals surface area contributed by atoms with Gasteiger partial charge >= 0.3 is 0 Å². The minimum absolute atomic E-state index is 0. The van der Waals surface area contributed by atoms with E-state index in [2.05, 4.69) is 46.0 Å². The van der Waals surface area contributed by atoms with E-state index in [1.54, 1.807) is 24.8 Å². The third-order valence-corrected chi connectivity index (χ3v) is 0.944. The lowest BCUT2D eigenvalue weighted by Gasteiger charge is -1.61. The number of aromatic nitrogens is 9. The number of hydrogen-bond donors (Lipinski definition) is 0. The zero-order valence-corrected chi connectivity index (χ0v) is 11.5. The standard InChI is InChI=1S/2C3H3N2.2C2H6.CH4.N5/c2*1-2-5-3-4-1;2*1-2;;1-2-4-5-3-1/h2*1-3H;2*1-2H3;1H4;/q2*-1;;;;-1. The molecule has 3 aromatic rings. The highest BCUT2D eigenvalue weighted by atomic mass is 15.6. The van der Waals surface area contributed by atoms with Gasteiger partial charge in [-0.05, 0) is 0 Å². The van der Waals surface area contributed by atoms with Crippen molar-refractivity contribution < 1.29 is 0 Å². The second-order valence-corrected chi connectivity index (χ2v) is 1.87. The summed E-state index contributed by atoms with van der Waals surface area (Å²) in [7, 11) is 0. The van der Waals surface area contributed by atoms with Gasteiger partial charge in [-0.15, -0.1) is 0 Å². The Balaban J connectivity index is -0.000000189. The first-order chi connectivity index (χ1) is 9.50. The van der Waals surface area contributed by atoms with Crippen molar-refractivity contribution in [3.05, 3.63) is 37.4 Å². The molecule has 0 bridgehead atoms. The Bertz CT molecular complexity index is 252. The Morgan fingerprint density at radius 1 is 0.700 bits per heavy atom. The van der Waals surface area contributed by atoms with Crippen LogP contribution in [0.2, 0.25) is 0 Å². The Hall–Kier alpha value is -2.58. The third kappa shape index (κ3) is 20.8. The van der Waals surface area contributed by atoms with Crippen LogP contribution in [-0.2, 0) is 0 Å². The van der Waals surface area contributed by atoms with Gasteiger partial charge in [0.2, 0.25) is 0 Å². The summed E-state index contributed by atoms with van der Waals surface area (Å²) in [6.07, 6.45) is 9.56. The van der Waals surface area contributed by atoms with Crippen LogP contribution >= 0.6 is 0 Å². The maximum atomic E-state index is 3.61. The van der Waals surface area contributed by atoms with Gasteiger partial charge in [0.25, 0.3) is 0 Å². The van der Waals surface area contributed by atoms with Crippen molar-refractivity contribution in [3.63, 3.8) is 0 Å². The van der Waals surface area contributed by atoms with Crippen LogP contribution < -0.4 is 15.2 Å². The Kier molecular flexibility index (Phi) is 28.6. The summed E-state index contributed by atoms with van der Waals surface area (Å²) in [6, 6.07) is 0. The molecule has 114 valence electrons. The molecule has 0 aromatic carbocycles. The summed E-state index contributed by atoms with van der Waals surface area (Å²) in [4.78, 5) is 14.4. The molecule has 0 unspecified atom stereocenters. The van der Waals surface area contributed by atoms with Crippen molar-refractivity contribution in [3.8, 4) is 0 Å². The molecule has 3 heterocycles. The summed E-state index contributed by atoms with van der Waals surface area (Å²) in [5.74, 6) is 0. The van der Waals surface area contributed by atoms with Gasteiger partial charge in [-0.1, -0.05) is 72.6 Å². The molecule has 0 fully saturated rings. The van der Waals surface area contributed by atoms with Crippen LogP contribution in [0.25, 0.3) is 0 Å². The fourth-order valence-corrected chi connectivity index (χ4v) is 0.474. The summed E-state index contributed by atoms with van der Waals surface area (Å²) >= 11 is 0. The van der Waals surface area contributed by atoms with Gasteiger partial charge in [-0.3, -0.25) is 0 Å². The molecule has 0 saturated carbocycles. The molecule has 9 nitrogen and oxygen atoms in total. The van der Waals surface area contributed by atoms with Gasteiger partial charge in [-0.25, -0.2) is 10.4 Å². The lowest BCUT2D eigenvalue weighted by molar-refractivity contribution is 0.854. The van der Waals surface area contributed by atoms with Gasteiger partial charge in [0.05, 0.1) is 0 Å². The largest absolute Gasteiger partial charge is 0.450 e. The normalized spacial score (nSPS) is 6.60. The highest BCUT2D eigenvalue weighted by Crippen LogP contribution is 1.60. The molecule has 3 aromatic heterocycles. The molecular weight excluding hydrogens is 258 g/mol. The van der Waals surface area contributed by atoms with Crippen LogP contribution in [0.4, 0.5) is 0 Å². The van der Waals surface area contributed by atoms with E-state index < -0.39 is 0 Å². The number of rotatable bonds is 0. The Morgan fingerprint density at radius 2 is 1.10 bits per heavy atom. The van der Waals surface area contributed by atoms with Gasteiger partial charge < -0.3 is 19.9 Å². The van der Waals surface area contributed by atoms with E-state index in [1.807, 2.05) is 27.7 Å². The van der Waals surface area contributed by atoms with Crippen LogP contribution in [0.5, 0.6) is 0 Å². The molecule has 0 aliphatic heterocycles. The van der Waals surface area contributed by atoms with E-state index in [-0.39, 0.29) is 7.43 Å². The third-order valence-electron chi connectivity index (χ3n) is 0.944. The van der Waals surface area contributed by atoms with Gasteiger partial charge in [-0.2, -0.15) is 15.6 Å². The smallest absolute Gasteiger partial charge is 0.0683 e. The molecule has 20 heavy (non-hydrogen) atoms. The highest BCUT2D eigenvalue weighted by molar-refractivity contribution is 4.64. The van der Waals surface area contributed by atoms with E-state index >= 15 is 0 Å². The molecule has 0 saturated heterocycles. The van der Waals surface area contributed by atoms with E-state index in [9.17, 15) is 0 Å². The number of hydrogen-bond acceptors (Lipinski definition) is 6. The minimum atomic E-state index is 0. The fraction of sp³-hybridized carbons (Fsp3) is 0.455. The summed E-state index contributed by atoms with van der Waals surface area (Å²) in [5.41, 5.74) is 0. The predicted octanol–water partition coefficient (Wildman–Crippen LogP) is 0.990. The monoisotopic (exact) mass is 280 g/mol. The topological polar surface area (TPSA) is 120 Å². The minimum Gasteiger partial charge on any atom is -0.450 e.